The fourth-order valence-electron chi connectivity index (χ4n) is 3.41. The van der Waals surface area contributed by atoms with Crippen LogP contribution in [0.2, 0.25) is 0 Å². The van der Waals surface area contributed by atoms with Crippen LogP contribution in [0.25, 0.3) is 0 Å². The fraction of sp³-hybridized carbons (Fsp3) is 0.650. The number of rotatable bonds is 4. The summed E-state index contributed by atoms with van der Waals surface area (Å²) in [5, 5.41) is 3.50. The van der Waals surface area contributed by atoms with Gasteiger partial charge in [-0.2, -0.15) is 11.8 Å². The van der Waals surface area contributed by atoms with E-state index in [2.05, 4.69) is 55.3 Å². The Morgan fingerprint density at radius 1 is 1.28 bits per heavy atom. The Labute approximate surface area is 160 Å². The maximum absolute atomic E-state index is 12.7. The third-order valence-electron chi connectivity index (χ3n) is 5.12. The molecule has 1 fully saturated rings. The van der Waals surface area contributed by atoms with Crippen LogP contribution in [0.15, 0.2) is 24.3 Å². The lowest BCUT2D eigenvalue weighted by Crippen LogP contribution is -2.53. The zero-order valence-electron chi connectivity index (χ0n) is 15.6. The van der Waals surface area contributed by atoms with Crippen molar-refractivity contribution < 1.29 is 4.79 Å². The molecular formula is C20H30N2OS2. The quantitative estimate of drug-likeness (QED) is 0.870. The zero-order valence-corrected chi connectivity index (χ0v) is 17.2. The van der Waals surface area contributed by atoms with Gasteiger partial charge in [-0.1, -0.05) is 45.0 Å². The Kier molecular flexibility index (Phi) is 6.39. The maximum Gasteiger partial charge on any atom is 0.234 e. The second-order valence-corrected chi connectivity index (χ2v) is 10.6. The minimum Gasteiger partial charge on any atom is -0.351 e. The summed E-state index contributed by atoms with van der Waals surface area (Å²) in [6.45, 7) is 9.70. The van der Waals surface area contributed by atoms with Gasteiger partial charge < -0.3 is 5.32 Å². The van der Waals surface area contributed by atoms with Gasteiger partial charge in [0.15, 0.2) is 0 Å². The molecule has 0 aromatic heterocycles. The van der Waals surface area contributed by atoms with E-state index in [1.165, 1.54) is 16.9 Å². The van der Waals surface area contributed by atoms with E-state index < -0.39 is 0 Å². The monoisotopic (exact) mass is 378 g/mol. The summed E-state index contributed by atoms with van der Waals surface area (Å²) in [5.41, 5.74) is 2.97. The van der Waals surface area contributed by atoms with Gasteiger partial charge in [-0.3, -0.25) is 9.69 Å². The highest BCUT2D eigenvalue weighted by molar-refractivity contribution is 8.07. The molecule has 1 amide bonds. The van der Waals surface area contributed by atoms with E-state index in [-0.39, 0.29) is 22.6 Å². The van der Waals surface area contributed by atoms with E-state index in [1.807, 2.05) is 23.5 Å². The summed E-state index contributed by atoms with van der Waals surface area (Å²) in [6.07, 6.45) is 1.11. The fourth-order valence-corrected chi connectivity index (χ4v) is 5.97. The molecule has 2 aliphatic heterocycles. The zero-order chi connectivity index (χ0) is 17.9. The summed E-state index contributed by atoms with van der Waals surface area (Å²) in [5.74, 6) is 3.44. The van der Waals surface area contributed by atoms with Gasteiger partial charge >= 0.3 is 0 Å². The molecule has 0 aliphatic carbocycles. The van der Waals surface area contributed by atoms with Gasteiger partial charge in [0.2, 0.25) is 5.91 Å². The number of hydrogen-bond donors (Lipinski definition) is 1. The molecule has 2 heterocycles. The molecule has 0 spiro atoms. The van der Waals surface area contributed by atoms with Crippen molar-refractivity contribution in [3.63, 3.8) is 0 Å². The number of fused-ring (bicyclic) bond motifs is 1. The van der Waals surface area contributed by atoms with Gasteiger partial charge in [-0.05, 0) is 23.0 Å². The van der Waals surface area contributed by atoms with Crippen LogP contribution in [-0.4, -0.2) is 52.4 Å². The summed E-state index contributed by atoms with van der Waals surface area (Å²) in [6, 6.07) is 8.92. The lowest BCUT2D eigenvalue weighted by atomic mass is 9.85. The average Bonchev–Trinajstić information content (AvgIpc) is 2.61. The minimum absolute atomic E-state index is 0.0547. The van der Waals surface area contributed by atoms with Crippen molar-refractivity contribution in [3.05, 3.63) is 35.4 Å². The number of benzene rings is 1. The molecule has 2 unspecified atom stereocenters. The second kappa shape index (κ2) is 8.36. The van der Waals surface area contributed by atoms with Gasteiger partial charge in [-0.25, -0.2) is 0 Å². The second-order valence-electron chi connectivity index (χ2n) is 8.12. The highest BCUT2D eigenvalue weighted by Gasteiger charge is 2.32. The van der Waals surface area contributed by atoms with Crippen molar-refractivity contribution in [1.82, 2.24) is 10.2 Å². The molecule has 25 heavy (non-hydrogen) atoms. The number of nitrogens with one attached hydrogen (secondary N) is 1. The third-order valence-corrected chi connectivity index (χ3v) is 7.87. The predicted octanol–water partition coefficient (Wildman–Crippen LogP) is 3.42. The van der Waals surface area contributed by atoms with Crippen LogP contribution < -0.4 is 5.32 Å². The molecule has 1 aromatic carbocycles. The normalized spacial score (nSPS) is 22.9. The maximum atomic E-state index is 12.7. The molecule has 3 rings (SSSR count). The van der Waals surface area contributed by atoms with Crippen molar-refractivity contribution in [3.8, 4) is 0 Å². The average molecular weight is 379 g/mol. The first-order valence-electron chi connectivity index (χ1n) is 9.22. The van der Waals surface area contributed by atoms with Crippen molar-refractivity contribution in [2.45, 2.75) is 45.0 Å². The molecule has 2 aliphatic rings. The summed E-state index contributed by atoms with van der Waals surface area (Å²) < 4.78 is 0. The van der Waals surface area contributed by atoms with Gasteiger partial charge in [0, 0.05) is 42.9 Å². The molecule has 1 saturated heterocycles. The molecule has 0 radical (unpaired) electrons. The van der Waals surface area contributed by atoms with E-state index in [1.54, 1.807) is 0 Å². The third kappa shape index (κ3) is 5.18. The molecule has 1 aromatic rings. The molecule has 0 saturated carbocycles. The Balaban J connectivity index is 1.62. The van der Waals surface area contributed by atoms with Crippen LogP contribution in [0.1, 0.15) is 31.9 Å². The lowest BCUT2D eigenvalue weighted by molar-refractivity contribution is -0.121. The Bertz CT molecular complexity index is 594. The smallest absolute Gasteiger partial charge is 0.234 e. The highest BCUT2D eigenvalue weighted by Crippen LogP contribution is 2.27. The van der Waals surface area contributed by atoms with Gasteiger partial charge in [0.25, 0.3) is 0 Å². The highest BCUT2D eigenvalue weighted by atomic mass is 32.2. The Morgan fingerprint density at radius 3 is 2.72 bits per heavy atom. The first-order chi connectivity index (χ1) is 11.9. The number of nitrogens with zero attached hydrogens (tertiary/aromatic N) is 1. The Morgan fingerprint density at radius 2 is 2.04 bits per heavy atom. The lowest BCUT2D eigenvalue weighted by Gasteiger charge is -2.38. The van der Waals surface area contributed by atoms with Crippen molar-refractivity contribution in [1.29, 1.82) is 0 Å². The first-order valence-corrected chi connectivity index (χ1v) is 11.4. The van der Waals surface area contributed by atoms with Crippen LogP contribution in [0, 0.1) is 5.41 Å². The van der Waals surface area contributed by atoms with Crippen LogP contribution in [0.3, 0.4) is 0 Å². The standard InChI is InChI=1S/C20H30N2OS2/c1-20(2,3)18(21-19(23)17-14-24-10-11-25-17)13-22-9-8-15-6-4-5-7-16(15)12-22/h4-7,17-18H,8-14H2,1-3H3,(H,21,23). The molecule has 5 heteroatoms. The summed E-state index contributed by atoms with van der Waals surface area (Å²) >= 11 is 3.72. The van der Waals surface area contributed by atoms with Crippen LogP contribution in [0.5, 0.6) is 0 Å². The number of carbonyl (C=O) groups is 1. The number of hydrogen-bond acceptors (Lipinski definition) is 4. The molecule has 1 N–H and O–H groups in total. The van der Waals surface area contributed by atoms with E-state index in [4.69, 9.17) is 0 Å². The number of carbonyl (C=O) groups excluding carboxylic acids is 1. The number of thioether (sulfide) groups is 2. The number of amides is 1. The van der Waals surface area contributed by atoms with Gasteiger partial charge in [0.1, 0.15) is 0 Å². The van der Waals surface area contributed by atoms with E-state index in [0.29, 0.717) is 0 Å². The summed E-state index contributed by atoms with van der Waals surface area (Å²) in [4.78, 5) is 15.2. The van der Waals surface area contributed by atoms with Crippen LogP contribution >= 0.6 is 23.5 Å². The first kappa shape index (κ1) is 19.1. The Hall–Kier alpha value is -0.650. The van der Waals surface area contributed by atoms with Gasteiger partial charge in [0.05, 0.1) is 5.25 Å². The van der Waals surface area contributed by atoms with Crippen molar-refractivity contribution >= 4 is 29.4 Å². The minimum atomic E-state index is 0.0547. The molecule has 138 valence electrons. The van der Waals surface area contributed by atoms with Gasteiger partial charge in [-0.15, -0.1) is 11.8 Å². The van der Waals surface area contributed by atoms with E-state index >= 15 is 0 Å². The predicted molar refractivity (Wildman–Crippen MR) is 110 cm³/mol. The van der Waals surface area contributed by atoms with Crippen molar-refractivity contribution in [2.24, 2.45) is 5.41 Å². The summed E-state index contributed by atoms with van der Waals surface area (Å²) in [7, 11) is 0. The topological polar surface area (TPSA) is 32.3 Å². The van der Waals surface area contributed by atoms with Crippen LogP contribution in [-0.2, 0) is 17.8 Å². The molecular weight excluding hydrogens is 348 g/mol. The van der Waals surface area contributed by atoms with Crippen molar-refractivity contribution in [2.75, 3.05) is 30.3 Å². The molecule has 3 nitrogen and oxygen atoms in total. The molecule has 2 atom stereocenters. The van der Waals surface area contributed by atoms with E-state index in [9.17, 15) is 4.79 Å². The SMILES string of the molecule is CC(C)(C)C(CN1CCc2ccccc2C1)NC(=O)C1CSCCS1. The van der Waals surface area contributed by atoms with E-state index in [0.717, 1.165) is 37.6 Å². The molecule has 0 bridgehead atoms. The van der Waals surface area contributed by atoms with Crippen LogP contribution in [0.4, 0.5) is 0 Å². The largest absolute Gasteiger partial charge is 0.351 e.